The van der Waals surface area contributed by atoms with E-state index in [4.69, 9.17) is 9.72 Å². The third-order valence-corrected chi connectivity index (χ3v) is 9.97. The number of nitrogens with one attached hydrogen (secondary N) is 2. The lowest BCUT2D eigenvalue weighted by molar-refractivity contribution is -0.134. The molecule has 2 N–H and O–H groups in total. The zero-order chi connectivity index (χ0) is 32.4. The quantitative estimate of drug-likeness (QED) is 0.168. The molecule has 9 nitrogen and oxygen atoms in total. The van der Waals surface area contributed by atoms with Crippen molar-refractivity contribution in [2.24, 2.45) is 0 Å². The van der Waals surface area contributed by atoms with Crippen LogP contribution in [-0.2, 0) is 20.9 Å². The third-order valence-electron chi connectivity index (χ3n) is 9.97. The monoisotopic (exact) mass is 632 g/mol. The number of pyridine rings is 1. The minimum atomic E-state index is -1.00. The second kappa shape index (κ2) is 13.1. The van der Waals surface area contributed by atoms with E-state index in [9.17, 15) is 14.4 Å². The van der Waals surface area contributed by atoms with Crippen LogP contribution in [0.5, 0.6) is 5.75 Å². The summed E-state index contributed by atoms with van der Waals surface area (Å²) in [4.78, 5) is 43.9. The summed E-state index contributed by atoms with van der Waals surface area (Å²) in [5.74, 6) is 0.307. The van der Waals surface area contributed by atoms with Crippen LogP contribution in [-0.4, -0.2) is 46.6 Å². The highest BCUT2D eigenvalue weighted by atomic mass is 16.5. The van der Waals surface area contributed by atoms with Gasteiger partial charge in [-0.25, -0.2) is 4.79 Å². The first-order valence-electron chi connectivity index (χ1n) is 16.7. The Kier molecular flexibility index (Phi) is 8.54. The van der Waals surface area contributed by atoms with Crippen molar-refractivity contribution in [3.63, 3.8) is 0 Å². The van der Waals surface area contributed by atoms with Gasteiger partial charge in [0.15, 0.2) is 0 Å². The molecule has 47 heavy (non-hydrogen) atoms. The van der Waals surface area contributed by atoms with E-state index in [1.807, 2.05) is 42.6 Å². The van der Waals surface area contributed by atoms with Gasteiger partial charge in [0.1, 0.15) is 23.6 Å². The van der Waals surface area contributed by atoms with Gasteiger partial charge in [0.05, 0.1) is 19.3 Å². The molecule has 9 heteroatoms. The van der Waals surface area contributed by atoms with Gasteiger partial charge in [-0.05, 0) is 85.2 Å². The smallest absolute Gasteiger partial charge is 0.330 e. The number of rotatable bonds is 7. The van der Waals surface area contributed by atoms with E-state index in [0.29, 0.717) is 43.2 Å². The van der Waals surface area contributed by atoms with E-state index in [2.05, 4.69) is 26.0 Å². The maximum atomic E-state index is 14.0. The summed E-state index contributed by atoms with van der Waals surface area (Å²) < 4.78 is 13.1. The molecule has 1 aliphatic heterocycles. The van der Waals surface area contributed by atoms with Gasteiger partial charge in [-0.3, -0.25) is 14.6 Å². The summed E-state index contributed by atoms with van der Waals surface area (Å²) in [6.45, 7) is 1.17. The first kappa shape index (κ1) is 30.7. The molecular weight excluding hydrogens is 592 g/mol. The molecule has 4 aromatic rings. The van der Waals surface area contributed by atoms with Crippen molar-refractivity contribution in [3.8, 4) is 17.1 Å². The summed E-state index contributed by atoms with van der Waals surface area (Å²) in [5, 5.41) is 7.35. The number of fused-ring (bicyclic) bond motifs is 5. The number of ether oxygens (including phenoxy) is 2. The number of carbonyl (C=O) groups excluding carboxylic acids is 3. The summed E-state index contributed by atoms with van der Waals surface area (Å²) in [6.07, 6.45) is 13.6. The van der Waals surface area contributed by atoms with Crippen LogP contribution in [0.3, 0.4) is 0 Å². The predicted octanol–water partition coefficient (Wildman–Crippen LogP) is 7.01. The van der Waals surface area contributed by atoms with Crippen molar-refractivity contribution in [2.75, 3.05) is 19.0 Å². The van der Waals surface area contributed by atoms with Crippen molar-refractivity contribution in [1.82, 2.24) is 14.9 Å². The number of hydrogen-bond acceptors (Lipinski definition) is 6. The maximum absolute atomic E-state index is 14.0. The van der Waals surface area contributed by atoms with E-state index in [0.717, 1.165) is 53.9 Å². The summed E-state index contributed by atoms with van der Waals surface area (Å²) in [6, 6.07) is 17.1. The minimum absolute atomic E-state index is 0.224. The van der Waals surface area contributed by atoms with Crippen LogP contribution in [0.25, 0.3) is 28.4 Å². The first-order chi connectivity index (χ1) is 23.0. The highest BCUT2D eigenvalue weighted by Gasteiger charge is 2.43. The van der Waals surface area contributed by atoms with Crippen LogP contribution in [0.2, 0.25) is 0 Å². The Labute approximate surface area is 274 Å². The highest BCUT2D eigenvalue weighted by molar-refractivity contribution is 6.06. The van der Waals surface area contributed by atoms with Crippen molar-refractivity contribution < 1.29 is 23.9 Å². The van der Waals surface area contributed by atoms with Gasteiger partial charge in [0, 0.05) is 34.4 Å². The van der Waals surface area contributed by atoms with Crippen LogP contribution in [0.15, 0.2) is 66.9 Å². The average Bonchev–Trinajstić information content (AvgIpc) is 3.66. The molecule has 2 aromatic carbocycles. The third kappa shape index (κ3) is 6.02. The Balaban J connectivity index is 1.18. The van der Waals surface area contributed by atoms with E-state index in [1.54, 1.807) is 18.2 Å². The largest absolute Gasteiger partial charge is 0.489 e. The zero-order valence-electron chi connectivity index (χ0n) is 26.7. The molecule has 3 aliphatic rings. The molecule has 2 saturated carbocycles. The topological polar surface area (TPSA) is 112 Å². The van der Waals surface area contributed by atoms with Gasteiger partial charge in [-0.2, -0.15) is 0 Å². The molecule has 242 valence electrons. The number of methoxy groups -OCH3 is 1. The van der Waals surface area contributed by atoms with E-state index in [-0.39, 0.29) is 11.8 Å². The van der Waals surface area contributed by atoms with Gasteiger partial charge in [0.2, 0.25) is 5.91 Å². The fraction of sp³-hybridized carbons (Fsp3) is 0.368. The van der Waals surface area contributed by atoms with Crippen molar-refractivity contribution in [3.05, 3.63) is 83.6 Å². The number of hydrogen-bond donors (Lipinski definition) is 2. The molecule has 7 rings (SSSR count). The number of benzene rings is 2. The molecular formula is C38H40N4O5. The first-order valence-corrected chi connectivity index (χ1v) is 16.7. The average molecular weight is 633 g/mol. The number of esters is 1. The number of nitrogens with zero attached hydrogens (tertiary/aromatic N) is 2. The lowest BCUT2D eigenvalue weighted by Gasteiger charge is -2.29. The maximum Gasteiger partial charge on any atom is 0.330 e. The summed E-state index contributed by atoms with van der Waals surface area (Å²) in [7, 11) is 1.33. The molecule has 2 amide bonds. The molecule has 0 radical (unpaired) electrons. The number of carbonyl (C=O) groups is 3. The van der Waals surface area contributed by atoms with Crippen LogP contribution in [0, 0.1) is 0 Å². The Morgan fingerprint density at radius 2 is 1.79 bits per heavy atom. The molecule has 2 aliphatic carbocycles. The number of amides is 2. The van der Waals surface area contributed by atoms with Gasteiger partial charge in [-0.15, -0.1) is 0 Å². The molecule has 0 saturated heterocycles. The minimum Gasteiger partial charge on any atom is -0.489 e. The molecule has 0 atom stereocenters. The van der Waals surface area contributed by atoms with E-state index >= 15 is 0 Å². The molecule has 0 unspecified atom stereocenters. The van der Waals surface area contributed by atoms with E-state index < -0.39 is 11.5 Å². The van der Waals surface area contributed by atoms with Crippen molar-refractivity contribution >= 4 is 40.4 Å². The molecule has 2 aromatic heterocycles. The van der Waals surface area contributed by atoms with Gasteiger partial charge >= 0.3 is 5.97 Å². The Morgan fingerprint density at radius 1 is 1.00 bits per heavy atom. The van der Waals surface area contributed by atoms with Crippen LogP contribution < -0.4 is 15.4 Å². The highest BCUT2D eigenvalue weighted by Crippen LogP contribution is 2.46. The van der Waals surface area contributed by atoms with Crippen LogP contribution in [0.4, 0.5) is 5.69 Å². The molecule has 0 bridgehead atoms. The van der Waals surface area contributed by atoms with Crippen molar-refractivity contribution in [1.29, 1.82) is 0 Å². The zero-order valence-corrected chi connectivity index (χ0v) is 26.7. The number of aromatic nitrogens is 2. The van der Waals surface area contributed by atoms with Gasteiger partial charge in [0.25, 0.3) is 5.91 Å². The van der Waals surface area contributed by atoms with Crippen LogP contribution in [0.1, 0.15) is 85.2 Å². The summed E-state index contributed by atoms with van der Waals surface area (Å²) >= 11 is 0. The van der Waals surface area contributed by atoms with Gasteiger partial charge in [-0.1, -0.05) is 50.3 Å². The Hall–Kier alpha value is -4.92. The fourth-order valence-corrected chi connectivity index (χ4v) is 7.58. The standard InChI is InChI=1S/C38H40N4O5/c1-46-32(43)18-13-25-11-15-28(16-12-25)40-37(45)38(19-5-6-20-38)41-36(44)27-14-17-29-30(24-27)42-22-23-47-31-10-7-21-39-34(31)35(42)33(29)26-8-3-2-4-9-26/h7,10-18,21,24,26H,2-6,8-9,19-20,22-23H2,1H3,(H,40,45)(H,41,44). The second-order valence-electron chi connectivity index (χ2n) is 12.9. The normalized spacial score (nSPS) is 17.4. The Bertz CT molecular complexity index is 1850. The van der Waals surface area contributed by atoms with Crippen molar-refractivity contribution in [2.45, 2.75) is 75.8 Å². The van der Waals surface area contributed by atoms with Crippen LogP contribution >= 0.6 is 0 Å². The molecule has 0 spiro atoms. The molecule has 3 heterocycles. The SMILES string of the molecule is COC(=O)C=Cc1ccc(NC(=O)C2(NC(=O)c3ccc4c(C5CCCCC5)c5n(c4c3)CCOc3cccnc3-5)CCCC2)cc1. The fourth-order valence-electron chi connectivity index (χ4n) is 7.58. The number of anilines is 1. The predicted molar refractivity (Wildman–Crippen MR) is 181 cm³/mol. The summed E-state index contributed by atoms with van der Waals surface area (Å²) in [5.41, 5.74) is 5.23. The lowest BCUT2D eigenvalue weighted by Crippen LogP contribution is -2.55. The lowest BCUT2D eigenvalue weighted by atomic mass is 9.82. The van der Waals surface area contributed by atoms with E-state index in [1.165, 1.54) is 43.4 Å². The van der Waals surface area contributed by atoms with Gasteiger partial charge < -0.3 is 24.7 Å². The second-order valence-corrected chi connectivity index (χ2v) is 12.9. The molecule has 2 fully saturated rings. The Morgan fingerprint density at radius 3 is 2.55 bits per heavy atom.